The van der Waals surface area contributed by atoms with Gasteiger partial charge in [-0.1, -0.05) is 48.5 Å². The number of nitrogen functional groups attached to an aromatic ring is 1. The predicted molar refractivity (Wildman–Crippen MR) is 109 cm³/mol. The Hall–Kier alpha value is -3.33. The molecule has 3 heteroatoms. The van der Waals surface area contributed by atoms with Crippen LogP contribution in [0.25, 0.3) is 16.9 Å². The van der Waals surface area contributed by atoms with Gasteiger partial charge >= 0.3 is 0 Å². The lowest BCUT2D eigenvalue weighted by molar-refractivity contribution is -0.114. The lowest BCUT2D eigenvalue weighted by atomic mass is 9.96. The lowest BCUT2D eigenvalue weighted by Gasteiger charge is -2.16. The largest absolute Gasteiger partial charge is 0.457 e. The van der Waals surface area contributed by atoms with Crippen molar-refractivity contribution in [2.45, 2.75) is 19.3 Å². The van der Waals surface area contributed by atoms with E-state index in [0.29, 0.717) is 17.9 Å². The van der Waals surface area contributed by atoms with Crippen molar-refractivity contribution in [3.05, 3.63) is 90.0 Å². The number of carbonyl (C=O) groups excluding carboxylic acids is 1. The highest BCUT2D eigenvalue weighted by Gasteiger charge is 2.15. The summed E-state index contributed by atoms with van der Waals surface area (Å²) in [6.45, 7) is 0. The molecule has 0 aliphatic heterocycles. The molecule has 0 heterocycles. The number of carbonyl (C=O) groups is 1. The van der Waals surface area contributed by atoms with Gasteiger partial charge in [0, 0.05) is 23.7 Å². The first-order valence-electron chi connectivity index (χ1n) is 9.16. The van der Waals surface area contributed by atoms with Crippen molar-refractivity contribution in [1.29, 1.82) is 0 Å². The van der Waals surface area contributed by atoms with Crippen LogP contribution >= 0.6 is 0 Å². The van der Waals surface area contributed by atoms with E-state index in [1.165, 1.54) is 5.56 Å². The topological polar surface area (TPSA) is 52.3 Å². The van der Waals surface area contributed by atoms with Crippen LogP contribution in [0.4, 0.5) is 5.69 Å². The molecular formula is C24H21NO2. The highest BCUT2D eigenvalue weighted by molar-refractivity contribution is 5.96. The molecule has 3 aromatic carbocycles. The van der Waals surface area contributed by atoms with Crippen LogP contribution in [-0.2, 0) is 11.2 Å². The minimum Gasteiger partial charge on any atom is -0.457 e. The maximum Gasteiger partial charge on any atom is 0.159 e. The van der Waals surface area contributed by atoms with E-state index in [2.05, 4.69) is 6.07 Å². The van der Waals surface area contributed by atoms with Crippen molar-refractivity contribution in [2.24, 2.45) is 0 Å². The van der Waals surface area contributed by atoms with Crippen LogP contribution in [0.2, 0.25) is 0 Å². The summed E-state index contributed by atoms with van der Waals surface area (Å²) in [6, 6.07) is 23.8. The summed E-state index contributed by atoms with van der Waals surface area (Å²) in [5.41, 5.74) is 10.9. The van der Waals surface area contributed by atoms with Crippen molar-refractivity contribution >= 4 is 17.2 Å². The molecule has 0 aromatic heterocycles. The molecule has 3 nitrogen and oxygen atoms in total. The first-order chi connectivity index (χ1) is 13.2. The number of rotatable bonds is 3. The van der Waals surface area contributed by atoms with E-state index in [4.69, 9.17) is 10.5 Å². The number of allylic oxidation sites excluding steroid dienone is 1. The summed E-state index contributed by atoms with van der Waals surface area (Å²) in [5.74, 6) is 1.44. The fraction of sp³-hybridized carbons (Fsp3) is 0.125. The monoisotopic (exact) mass is 355 g/mol. The Morgan fingerprint density at radius 2 is 1.44 bits per heavy atom. The molecule has 0 atom stereocenters. The highest BCUT2D eigenvalue weighted by Crippen LogP contribution is 2.29. The standard InChI is InChI=1S/C24H21NO2/c25-20-12-8-17(9-13-20)18-10-14-22(15-11-18)27-24-16-21(26)6-3-5-19-4-1-2-7-23(19)24/h1-2,4,7-16H,3,5-6,25H2. The second-order valence-corrected chi connectivity index (χ2v) is 6.73. The molecule has 0 spiro atoms. The number of aryl methyl sites for hydroxylation is 1. The van der Waals surface area contributed by atoms with E-state index in [0.717, 1.165) is 35.2 Å². The molecule has 0 fully saturated rings. The number of hydrogen-bond donors (Lipinski definition) is 1. The third-order valence-corrected chi connectivity index (χ3v) is 4.77. The van der Waals surface area contributed by atoms with E-state index in [1.807, 2.05) is 66.7 Å². The molecule has 0 bridgehead atoms. The molecule has 134 valence electrons. The van der Waals surface area contributed by atoms with Gasteiger partial charge in [0.1, 0.15) is 11.5 Å². The third kappa shape index (κ3) is 3.93. The van der Waals surface area contributed by atoms with Crippen molar-refractivity contribution in [3.8, 4) is 16.9 Å². The SMILES string of the molecule is Nc1ccc(-c2ccc(OC3=CC(=O)CCCc4ccccc43)cc2)cc1. The number of fused-ring (bicyclic) bond motifs is 1. The summed E-state index contributed by atoms with van der Waals surface area (Å²) < 4.78 is 6.12. The third-order valence-electron chi connectivity index (χ3n) is 4.77. The predicted octanol–water partition coefficient (Wildman–Crippen LogP) is 5.26. The van der Waals surface area contributed by atoms with Crippen LogP contribution in [0, 0.1) is 0 Å². The molecule has 3 aromatic rings. The number of benzene rings is 3. The number of nitrogens with two attached hydrogens (primary N) is 1. The van der Waals surface area contributed by atoms with E-state index in [-0.39, 0.29) is 5.78 Å². The van der Waals surface area contributed by atoms with Gasteiger partial charge in [-0.05, 0) is 53.8 Å². The zero-order chi connectivity index (χ0) is 18.6. The average molecular weight is 355 g/mol. The van der Waals surface area contributed by atoms with Gasteiger partial charge in [-0.25, -0.2) is 0 Å². The number of hydrogen-bond acceptors (Lipinski definition) is 3. The van der Waals surface area contributed by atoms with E-state index in [1.54, 1.807) is 6.08 Å². The van der Waals surface area contributed by atoms with Gasteiger partial charge < -0.3 is 10.5 Å². The summed E-state index contributed by atoms with van der Waals surface area (Å²) >= 11 is 0. The van der Waals surface area contributed by atoms with Gasteiger partial charge in [0.2, 0.25) is 0 Å². The smallest absolute Gasteiger partial charge is 0.159 e. The molecule has 0 radical (unpaired) electrons. The molecule has 1 aliphatic rings. The maximum atomic E-state index is 12.1. The lowest BCUT2D eigenvalue weighted by Crippen LogP contribution is -2.07. The molecular weight excluding hydrogens is 334 g/mol. The van der Waals surface area contributed by atoms with Crippen LogP contribution in [-0.4, -0.2) is 5.78 Å². The van der Waals surface area contributed by atoms with E-state index >= 15 is 0 Å². The molecule has 4 rings (SSSR count). The average Bonchev–Trinajstić information content (AvgIpc) is 2.68. The second kappa shape index (κ2) is 7.50. The van der Waals surface area contributed by atoms with Crippen LogP contribution < -0.4 is 10.5 Å². The van der Waals surface area contributed by atoms with Crippen LogP contribution in [0.3, 0.4) is 0 Å². The Bertz CT molecular complexity index is 986. The Morgan fingerprint density at radius 3 is 2.19 bits per heavy atom. The molecule has 0 unspecified atom stereocenters. The fourth-order valence-corrected chi connectivity index (χ4v) is 3.33. The minimum atomic E-state index is 0.109. The Labute approximate surface area is 159 Å². The molecule has 27 heavy (non-hydrogen) atoms. The first-order valence-corrected chi connectivity index (χ1v) is 9.16. The molecule has 0 amide bonds. The zero-order valence-corrected chi connectivity index (χ0v) is 15.0. The maximum absolute atomic E-state index is 12.1. The molecule has 2 N–H and O–H groups in total. The van der Waals surface area contributed by atoms with E-state index in [9.17, 15) is 4.79 Å². The molecule has 0 saturated heterocycles. The van der Waals surface area contributed by atoms with Crippen molar-refractivity contribution in [3.63, 3.8) is 0 Å². The quantitative estimate of drug-likeness (QED) is 0.652. The Balaban J connectivity index is 1.62. The highest BCUT2D eigenvalue weighted by atomic mass is 16.5. The Morgan fingerprint density at radius 1 is 0.778 bits per heavy atom. The normalized spacial score (nSPS) is 13.9. The Kier molecular flexibility index (Phi) is 4.75. The number of anilines is 1. The van der Waals surface area contributed by atoms with Crippen molar-refractivity contribution in [2.75, 3.05) is 5.73 Å². The fourth-order valence-electron chi connectivity index (χ4n) is 3.33. The van der Waals surface area contributed by atoms with Gasteiger partial charge in [0.05, 0.1) is 0 Å². The van der Waals surface area contributed by atoms with Gasteiger partial charge in [-0.2, -0.15) is 0 Å². The number of ether oxygens (including phenoxy) is 1. The number of ketones is 1. The second-order valence-electron chi connectivity index (χ2n) is 6.73. The zero-order valence-electron chi connectivity index (χ0n) is 15.0. The first kappa shape index (κ1) is 17.1. The van der Waals surface area contributed by atoms with Gasteiger partial charge in [-0.15, -0.1) is 0 Å². The van der Waals surface area contributed by atoms with Crippen molar-refractivity contribution in [1.82, 2.24) is 0 Å². The van der Waals surface area contributed by atoms with Crippen LogP contribution in [0.1, 0.15) is 24.0 Å². The summed E-state index contributed by atoms with van der Waals surface area (Å²) in [6.07, 6.45) is 3.94. The molecule has 0 saturated carbocycles. The summed E-state index contributed by atoms with van der Waals surface area (Å²) in [7, 11) is 0. The van der Waals surface area contributed by atoms with Gasteiger partial charge in [-0.3, -0.25) is 4.79 Å². The van der Waals surface area contributed by atoms with Gasteiger partial charge in [0.25, 0.3) is 0 Å². The minimum absolute atomic E-state index is 0.109. The summed E-state index contributed by atoms with van der Waals surface area (Å²) in [4.78, 5) is 12.1. The van der Waals surface area contributed by atoms with E-state index < -0.39 is 0 Å². The van der Waals surface area contributed by atoms with Crippen LogP contribution in [0.15, 0.2) is 78.9 Å². The van der Waals surface area contributed by atoms with Crippen LogP contribution in [0.5, 0.6) is 5.75 Å². The van der Waals surface area contributed by atoms with Gasteiger partial charge in [0.15, 0.2) is 5.78 Å². The van der Waals surface area contributed by atoms with Crippen molar-refractivity contribution < 1.29 is 9.53 Å². The molecule has 1 aliphatic carbocycles. The summed E-state index contributed by atoms with van der Waals surface area (Å²) in [5, 5.41) is 0.